The Labute approximate surface area is 111 Å². The summed E-state index contributed by atoms with van der Waals surface area (Å²) in [5.41, 5.74) is 5.97. The second-order valence-electron chi connectivity index (χ2n) is 5.48. The largest absolute Gasteiger partial charge is 0.383 e. The summed E-state index contributed by atoms with van der Waals surface area (Å²) in [5.74, 6) is 0.341. The quantitative estimate of drug-likeness (QED) is 0.780. The lowest BCUT2D eigenvalue weighted by molar-refractivity contribution is 0.102. The van der Waals surface area contributed by atoms with Crippen LogP contribution in [-0.4, -0.2) is 51.3 Å². The number of rotatable bonds is 6. The van der Waals surface area contributed by atoms with Crippen molar-refractivity contribution >= 4 is 10.0 Å². The summed E-state index contributed by atoms with van der Waals surface area (Å²) in [4.78, 5) is 0. The van der Waals surface area contributed by atoms with Gasteiger partial charge in [-0.05, 0) is 31.6 Å². The van der Waals surface area contributed by atoms with E-state index in [0.29, 0.717) is 25.6 Å². The fourth-order valence-corrected chi connectivity index (χ4v) is 3.60. The molecule has 1 aliphatic heterocycles. The molecule has 0 aromatic heterocycles. The van der Waals surface area contributed by atoms with Crippen molar-refractivity contribution in [2.45, 2.75) is 38.1 Å². The van der Waals surface area contributed by atoms with Crippen molar-refractivity contribution in [2.24, 2.45) is 11.7 Å². The summed E-state index contributed by atoms with van der Waals surface area (Å²) in [7, 11) is -1.42. The molecular weight excluding hydrogens is 252 g/mol. The van der Waals surface area contributed by atoms with Crippen molar-refractivity contribution in [3.8, 4) is 0 Å². The highest BCUT2D eigenvalue weighted by Gasteiger charge is 2.32. The Morgan fingerprint density at radius 1 is 1.50 bits per heavy atom. The number of methoxy groups -OCH3 is 1. The molecule has 6 heteroatoms. The third kappa shape index (κ3) is 4.50. The first-order chi connectivity index (χ1) is 8.30. The Morgan fingerprint density at radius 2 is 2.17 bits per heavy atom. The lowest BCUT2D eigenvalue weighted by Gasteiger charge is -2.36. The molecule has 0 aromatic rings. The smallest absolute Gasteiger partial charge is 0.211 e. The van der Waals surface area contributed by atoms with E-state index in [2.05, 4.69) is 6.92 Å². The Kier molecular flexibility index (Phi) is 5.58. The standard InChI is InChI=1S/C12H26N2O3S/c1-4-12(13,10-17-2)8-11-6-5-7-14(9-11)18(3,15)16/h11H,4-10,13H2,1-3H3. The van der Waals surface area contributed by atoms with Crippen LogP contribution in [0.15, 0.2) is 0 Å². The van der Waals surface area contributed by atoms with Crippen LogP contribution in [0.2, 0.25) is 0 Å². The van der Waals surface area contributed by atoms with Gasteiger partial charge in [0.1, 0.15) is 0 Å². The molecule has 0 spiro atoms. The van der Waals surface area contributed by atoms with E-state index in [1.807, 2.05) is 0 Å². The predicted molar refractivity (Wildman–Crippen MR) is 72.8 cm³/mol. The zero-order valence-corrected chi connectivity index (χ0v) is 12.5. The third-order valence-electron chi connectivity index (χ3n) is 3.78. The van der Waals surface area contributed by atoms with Crippen LogP contribution in [0.5, 0.6) is 0 Å². The Morgan fingerprint density at radius 3 is 2.67 bits per heavy atom. The van der Waals surface area contributed by atoms with Crippen molar-refractivity contribution in [2.75, 3.05) is 33.1 Å². The van der Waals surface area contributed by atoms with Gasteiger partial charge in [0.2, 0.25) is 10.0 Å². The summed E-state index contributed by atoms with van der Waals surface area (Å²) < 4.78 is 29.9. The molecular formula is C12H26N2O3S. The molecule has 1 saturated heterocycles. The van der Waals surface area contributed by atoms with Gasteiger partial charge < -0.3 is 10.5 Å². The lowest BCUT2D eigenvalue weighted by atomic mass is 9.83. The molecule has 2 N–H and O–H groups in total. The molecule has 5 nitrogen and oxygen atoms in total. The molecule has 0 aromatic carbocycles. The Balaban J connectivity index is 2.62. The fraction of sp³-hybridized carbons (Fsp3) is 1.00. The average Bonchev–Trinajstić information content (AvgIpc) is 2.28. The van der Waals surface area contributed by atoms with Crippen LogP contribution >= 0.6 is 0 Å². The van der Waals surface area contributed by atoms with E-state index >= 15 is 0 Å². The van der Waals surface area contributed by atoms with Crippen LogP contribution in [0.25, 0.3) is 0 Å². The summed E-state index contributed by atoms with van der Waals surface area (Å²) in [6, 6.07) is 0. The SMILES string of the molecule is CCC(N)(COC)CC1CCCN(S(C)(=O)=O)C1. The van der Waals surface area contributed by atoms with Gasteiger partial charge in [-0.3, -0.25) is 0 Å². The minimum atomic E-state index is -3.07. The molecule has 2 atom stereocenters. The summed E-state index contributed by atoms with van der Waals surface area (Å²) >= 11 is 0. The van der Waals surface area contributed by atoms with Gasteiger partial charge in [-0.15, -0.1) is 0 Å². The molecule has 1 fully saturated rings. The number of ether oxygens (including phenoxy) is 1. The lowest BCUT2D eigenvalue weighted by Crippen LogP contribution is -2.48. The second kappa shape index (κ2) is 6.32. The number of hydrogen-bond donors (Lipinski definition) is 1. The van der Waals surface area contributed by atoms with Gasteiger partial charge in [-0.25, -0.2) is 12.7 Å². The van der Waals surface area contributed by atoms with E-state index in [-0.39, 0.29) is 5.54 Å². The summed E-state index contributed by atoms with van der Waals surface area (Å²) in [5, 5.41) is 0. The van der Waals surface area contributed by atoms with Crippen molar-refractivity contribution in [1.29, 1.82) is 0 Å². The number of sulfonamides is 1. The Hall–Kier alpha value is -0.170. The van der Waals surface area contributed by atoms with Gasteiger partial charge in [0.25, 0.3) is 0 Å². The first-order valence-electron chi connectivity index (χ1n) is 6.53. The molecule has 0 radical (unpaired) electrons. The maximum absolute atomic E-state index is 11.6. The van der Waals surface area contributed by atoms with Gasteiger partial charge >= 0.3 is 0 Å². The molecule has 0 saturated carbocycles. The number of nitrogens with zero attached hydrogens (tertiary/aromatic N) is 1. The van der Waals surface area contributed by atoms with E-state index < -0.39 is 10.0 Å². The van der Waals surface area contributed by atoms with Crippen LogP contribution in [0.1, 0.15) is 32.6 Å². The van der Waals surface area contributed by atoms with Crippen molar-refractivity contribution < 1.29 is 13.2 Å². The summed E-state index contributed by atoms with van der Waals surface area (Å²) in [6.07, 6.45) is 4.92. The molecule has 1 heterocycles. The van der Waals surface area contributed by atoms with Crippen molar-refractivity contribution in [1.82, 2.24) is 4.31 Å². The molecule has 0 bridgehead atoms. The third-order valence-corrected chi connectivity index (χ3v) is 5.05. The van der Waals surface area contributed by atoms with Crippen LogP contribution < -0.4 is 5.73 Å². The maximum Gasteiger partial charge on any atom is 0.211 e. The fourth-order valence-electron chi connectivity index (χ4n) is 2.66. The highest BCUT2D eigenvalue weighted by atomic mass is 32.2. The molecule has 108 valence electrons. The molecule has 0 amide bonds. The van der Waals surface area contributed by atoms with Crippen LogP contribution in [0, 0.1) is 5.92 Å². The normalized spacial score (nSPS) is 25.9. The van der Waals surface area contributed by atoms with E-state index in [0.717, 1.165) is 25.7 Å². The molecule has 0 aliphatic carbocycles. The molecule has 2 unspecified atom stereocenters. The molecule has 1 rings (SSSR count). The zero-order chi connectivity index (χ0) is 13.8. The number of piperidine rings is 1. The molecule has 1 aliphatic rings. The highest BCUT2D eigenvalue weighted by Crippen LogP contribution is 2.27. The van der Waals surface area contributed by atoms with E-state index in [1.54, 1.807) is 11.4 Å². The van der Waals surface area contributed by atoms with Gasteiger partial charge in [0.15, 0.2) is 0 Å². The Bertz CT molecular complexity index is 358. The van der Waals surface area contributed by atoms with Crippen LogP contribution in [0.3, 0.4) is 0 Å². The van der Waals surface area contributed by atoms with Gasteiger partial charge in [0, 0.05) is 25.7 Å². The highest BCUT2D eigenvalue weighted by molar-refractivity contribution is 7.88. The van der Waals surface area contributed by atoms with E-state index in [4.69, 9.17) is 10.5 Å². The van der Waals surface area contributed by atoms with E-state index in [9.17, 15) is 8.42 Å². The molecule has 18 heavy (non-hydrogen) atoms. The predicted octanol–water partition coefficient (Wildman–Crippen LogP) is 0.802. The minimum absolute atomic E-state index is 0.333. The summed E-state index contributed by atoms with van der Waals surface area (Å²) in [6.45, 7) is 3.82. The van der Waals surface area contributed by atoms with Crippen molar-refractivity contribution in [3.05, 3.63) is 0 Å². The monoisotopic (exact) mass is 278 g/mol. The van der Waals surface area contributed by atoms with Gasteiger partial charge in [-0.1, -0.05) is 6.92 Å². The van der Waals surface area contributed by atoms with Crippen LogP contribution in [0.4, 0.5) is 0 Å². The van der Waals surface area contributed by atoms with Crippen LogP contribution in [-0.2, 0) is 14.8 Å². The topological polar surface area (TPSA) is 72.6 Å². The first-order valence-corrected chi connectivity index (χ1v) is 8.38. The van der Waals surface area contributed by atoms with Gasteiger partial charge in [-0.2, -0.15) is 0 Å². The zero-order valence-electron chi connectivity index (χ0n) is 11.7. The maximum atomic E-state index is 11.6. The second-order valence-corrected chi connectivity index (χ2v) is 7.46. The van der Waals surface area contributed by atoms with E-state index in [1.165, 1.54) is 6.26 Å². The van der Waals surface area contributed by atoms with Gasteiger partial charge in [0.05, 0.1) is 12.9 Å². The average molecular weight is 278 g/mol. The first kappa shape index (κ1) is 15.9. The number of nitrogens with two attached hydrogens (primary N) is 1. The number of hydrogen-bond acceptors (Lipinski definition) is 4. The minimum Gasteiger partial charge on any atom is -0.383 e. The van der Waals surface area contributed by atoms with Crippen molar-refractivity contribution in [3.63, 3.8) is 0 Å².